The number of hydrogen-bond donors (Lipinski definition) is 2. The molecule has 0 spiro atoms. The number of hydrogen-bond acceptors (Lipinski definition) is 4. The quantitative estimate of drug-likeness (QED) is 0.617. The fourth-order valence-electron chi connectivity index (χ4n) is 4.43. The van der Waals surface area contributed by atoms with Crippen LogP contribution in [0.2, 0.25) is 0 Å². The minimum Gasteiger partial charge on any atom is -0.388 e. The number of piperidine rings is 1. The molecule has 1 saturated heterocycles. The zero-order valence-corrected chi connectivity index (χ0v) is 16.9. The Morgan fingerprint density at radius 2 is 1.50 bits per heavy atom. The van der Waals surface area contributed by atoms with Gasteiger partial charge in [-0.3, -0.25) is 9.69 Å². The van der Waals surface area contributed by atoms with E-state index in [9.17, 15) is 15.0 Å². The Kier molecular flexibility index (Phi) is 6.09. The van der Waals surface area contributed by atoms with Gasteiger partial charge in [-0.2, -0.15) is 0 Å². The maximum Gasteiger partial charge on any atom is 0.176 e. The molecule has 4 rings (SSSR count). The van der Waals surface area contributed by atoms with Crippen molar-refractivity contribution in [2.75, 3.05) is 19.6 Å². The lowest BCUT2D eigenvalue weighted by atomic mass is 9.72. The molecule has 3 aromatic carbocycles. The fourth-order valence-corrected chi connectivity index (χ4v) is 4.43. The smallest absolute Gasteiger partial charge is 0.176 e. The highest BCUT2D eigenvalue weighted by molar-refractivity contribution is 5.97. The number of rotatable bonds is 6. The van der Waals surface area contributed by atoms with Gasteiger partial charge in [0.1, 0.15) is 0 Å². The molecule has 0 aliphatic carbocycles. The van der Waals surface area contributed by atoms with Gasteiger partial charge in [-0.1, -0.05) is 91.0 Å². The third-order valence-electron chi connectivity index (χ3n) is 6.14. The second-order valence-electron chi connectivity index (χ2n) is 8.03. The van der Waals surface area contributed by atoms with Crippen LogP contribution in [0.25, 0.3) is 0 Å². The van der Waals surface area contributed by atoms with Crippen LogP contribution >= 0.6 is 0 Å². The summed E-state index contributed by atoms with van der Waals surface area (Å²) in [7, 11) is 0. The van der Waals surface area contributed by atoms with E-state index in [1.165, 1.54) is 0 Å². The van der Waals surface area contributed by atoms with Crippen molar-refractivity contribution in [2.45, 2.75) is 18.1 Å². The number of nitrogens with zero attached hydrogens (tertiary/aromatic N) is 1. The van der Waals surface area contributed by atoms with Crippen molar-refractivity contribution in [1.29, 1.82) is 0 Å². The predicted octanol–water partition coefficient (Wildman–Crippen LogP) is 3.81. The number of ketones is 1. The van der Waals surface area contributed by atoms with E-state index in [1.807, 2.05) is 95.9 Å². The van der Waals surface area contributed by atoms with Crippen LogP contribution in [0, 0.1) is 5.92 Å². The summed E-state index contributed by atoms with van der Waals surface area (Å²) in [5.74, 6) is -0.409. The Labute approximate surface area is 177 Å². The normalized spacial score (nSPS) is 23.1. The van der Waals surface area contributed by atoms with Crippen LogP contribution in [0.4, 0.5) is 0 Å². The van der Waals surface area contributed by atoms with E-state index in [0.717, 1.165) is 11.1 Å². The summed E-state index contributed by atoms with van der Waals surface area (Å²) < 4.78 is 0. The lowest BCUT2D eigenvalue weighted by Crippen LogP contribution is -2.53. The van der Waals surface area contributed by atoms with Crippen LogP contribution in [0.5, 0.6) is 0 Å². The number of aliphatic hydroxyl groups is 2. The molecule has 4 heteroatoms. The summed E-state index contributed by atoms with van der Waals surface area (Å²) in [6, 6.07) is 28.3. The summed E-state index contributed by atoms with van der Waals surface area (Å²) in [5.41, 5.74) is 1.09. The van der Waals surface area contributed by atoms with E-state index in [-0.39, 0.29) is 12.3 Å². The van der Waals surface area contributed by atoms with Gasteiger partial charge in [0.25, 0.3) is 0 Å². The highest BCUT2D eigenvalue weighted by Gasteiger charge is 2.46. The van der Waals surface area contributed by atoms with Crippen molar-refractivity contribution in [1.82, 2.24) is 4.90 Å². The van der Waals surface area contributed by atoms with Crippen molar-refractivity contribution < 1.29 is 15.0 Å². The van der Waals surface area contributed by atoms with E-state index >= 15 is 0 Å². The van der Waals surface area contributed by atoms with Crippen LogP contribution < -0.4 is 0 Å². The molecule has 0 radical (unpaired) electrons. The number of aliphatic hydroxyl groups excluding tert-OH is 1. The summed E-state index contributed by atoms with van der Waals surface area (Å²) in [6.07, 6.45) is -0.390. The van der Waals surface area contributed by atoms with Gasteiger partial charge in [0.05, 0.1) is 18.2 Å². The Morgan fingerprint density at radius 3 is 2.13 bits per heavy atom. The summed E-state index contributed by atoms with van der Waals surface area (Å²) >= 11 is 0. The number of Topliss-reactive ketones (excluding diaryl/α,β-unsaturated/α-hetero) is 1. The third-order valence-corrected chi connectivity index (χ3v) is 6.14. The zero-order valence-electron chi connectivity index (χ0n) is 16.9. The van der Waals surface area contributed by atoms with Gasteiger partial charge in [0.2, 0.25) is 0 Å². The van der Waals surface area contributed by atoms with Crippen LogP contribution in [-0.4, -0.2) is 40.5 Å². The Hall–Kier alpha value is -2.79. The van der Waals surface area contributed by atoms with Gasteiger partial charge in [0, 0.05) is 24.6 Å². The monoisotopic (exact) mass is 401 g/mol. The molecular weight excluding hydrogens is 374 g/mol. The van der Waals surface area contributed by atoms with Crippen LogP contribution in [-0.2, 0) is 5.60 Å². The van der Waals surface area contributed by atoms with E-state index in [2.05, 4.69) is 0 Å². The number of likely N-dealkylation sites (tertiary alicyclic amines) is 1. The molecular formula is C26H27NO3. The lowest BCUT2D eigenvalue weighted by Gasteiger charge is -2.46. The van der Waals surface area contributed by atoms with E-state index in [1.54, 1.807) is 0 Å². The maximum atomic E-state index is 12.7. The van der Waals surface area contributed by atoms with Gasteiger partial charge in [-0.15, -0.1) is 0 Å². The minimum absolute atomic E-state index is 0.0497. The van der Waals surface area contributed by atoms with Crippen molar-refractivity contribution in [2.24, 2.45) is 5.92 Å². The molecule has 0 bridgehead atoms. The average Bonchev–Trinajstić information content (AvgIpc) is 2.81. The number of carbonyl (C=O) groups is 1. The van der Waals surface area contributed by atoms with E-state index in [4.69, 9.17) is 0 Å². The standard InChI is InChI=1S/C26H27NO3/c28-24(20-10-4-1-5-11-20)19-27-17-16-26(30,22-14-8-3-9-15-22)23(18-27)25(29)21-12-6-2-7-13-21/h1-15,23,25,29-30H,16-19H2/t23-,25?,26+/m1/s1. The molecule has 1 unspecified atom stereocenters. The largest absolute Gasteiger partial charge is 0.388 e. The highest BCUT2D eigenvalue weighted by Crippen LogP contribution is 2.43. The van der Waals surface area contributed by atoms with Gasteiger partial charge in [0.15, 0.2) is 5.78 Å². The van der Waals surface area contributed by atoms with Crippen LogP contribution in [0.15, 0.2) is 91.0 Å². The molecule has 3 atom stereocenters. The maximum absolute atomic E-state index is 12.7. The Balaban J connectivity index is 1.60. The molecule has 1 heterocycles. The van der Waals surface area contributed by atoms with Crippen molar-refractivity contribution in [3.05, 3.63) is 108 Å². The third kappa shape index (κ3) is 4.21. The minimum atomic E-state index is -1.16. The number of benzene rings is 3. The van der Waals surface area contributed by atoms with Crippen LogP contribution in [0.1, 0.15) is 34.0 Å². The average molecular weight is 402 g/mol. The first-order valence-electron chi connectivity index (χ1n) is 10.4. The zero-order chi connectivity index (χ0) is 21.0. The second kappa shape index (κ2) is 8.92. The van der Waals surface area contributed by atoms with Crippen molar-refractivity contribution in [3.63, 3.8) is 0 Å². The first-order chi connectivity index (χ1) is 14.6. The molecule has 30 heavy (non-hydrogen) atoms. The van der Waals surface area contributed by atoms with Gasteiger partial charge >= 0.3 is 0 Å². The number of carbonyl (C=O) groups excluding carboxylic acids is 1. The molecule has 0 aromatic heterocycles. The Morgan fingerprint density at radius 1 is 0.933 bits per heavy atom. The van der Waals surface area contributed by atoms with Gasteiger partial charge in [-0.25, -0.2) is 0 Å². The Bertz CT molecular complexity index is 961. The van der Waals surface area contributed by atoms with E-state index < -0.39 is 17.6 Å². The lowest BCUT2D eigenvalue weighted by molar-refractivity contribution is -0.121. The molecule has 0 amide bonds. The molecule has 2 N–H and O–H groups in total. The van der Waals surface area contributed by atoms with Crippen molar-refractivity contribution >= 4 is 5.78 Å². The molecule has 1 fully saturated rings. The molecule has 4 nitrogen and oxygen atoms in total. The summed E-state index contributed by atoms with van der Waals surface area (Å²) in [5, 5.41) is 23.0. The second-order valence-corrected chi connectivity index (χ2v) is 8.03. The molecule has 154 valence electrons. The van der Waals surface area contributed by atoms with Crippen LogP contribution in [0.3, 0.4) is 0 Å². The first kappa shape index (κ1) is 20.5. The molecule has 1 aliphatic rings. The predicted molar refractivity (Wildman–Crippen MR) is 117 cm³/mol. The van der Waals surface area contributed by atoms with E-state index in [0.29, 0.717) is 25.1 Å². The highest BCUT2D eigenvalue weighted by atomic mass is 16.3. The molecule has 3 aromatic rings. The first-order valence-corrected chi connectivity index (χ1v) is 10.4. The molecule has 0 saturated carbocycles. The van der Waals surface area contributed by atoms with Gasteiger partial charge < -0.3 is 10.2 Å². The SMILES string of the molecule is O=C(CN1CC[C@](O)(c2ccccc2)[C@@H](C(O)c2ccccc2)C1)c1ccccc1. The molecule has 1 aliphatic heterocycles. The van der Waals surface area contributed by atoms with Crippen molar-refractivity contribution in [3.8, 4) is 0 Å². The van der Waals surface area contributed by atoms with Gasteiger partial charge in [-0.05, 0) is 17.5 Å². The topological polar surface area (TPSA) is 60.8 Å². The summed E-state index contributed by atoms with van der Waals surface area (Å²) in [4.78, 5) is 14.8. The summed E-state index contributed by atoms with van der Waals surface area (Å²) in [6.45, 7) is 1.29. The fraction of sp³-hybridized carbons (Fsp3) is 0.269.